The van der Waals surface area contributed by atoms with Crippen molar-refractivity contribution >= 4 is 0 Å². The van der Waals surface area contributed by atoms with Gasteiger partial charge in [0.1, 0.15) is 5.54 Å². The molecule has 1 aliphatic heterocycles. The van der Waals surface area contributed by atoms with E-state index in [1.54, 1.807) is 0 Å². The lowest BCUT2D eigenvalue weighted by molar-refractivity contribution is 0.204. The number of piperidine rings is 1. The topological polar surface area (TPSA) is 39.1 Å². The number of hydrogen-bond acceptors (Lipinski definition) is 3. The first-order valence-electron chi connectivity index (χ1n) is 7.61. The van der Waals surface area contributed by atoms with Crippen molar-refractivity contribution in [3.63, 3.8) is 0 Å². The number of nitrogens with one attached hydrogen (secondary N) is 1. The van der Waals surface area contributed by atoms with Gasteiger partial charge in [0.25, 0.3) is 0 Å². The van der Waals surface area contributed by atoms with Gasteiger partial charge in [0, 0.05) is 18.6 Å². The summed E-state index contributed by atoms with van der Waals surface area (Å²) in [6.07, 6.45) is 8.98. The fraction of sp³-hybridized carbons (Fsp3) is 0.933. The summed E-state index contributed by atoms with van der Waals surface area (Å²) in [7, 11) is 0. The molecule has 100 valence electrons. The molecule has 3 aliphatic rings. The molecule has 1 saturated heterocycles. The lowest BCUT2D eigenvalue weighted by Crippen LogP contribution is -2.43. The molecule has 1 heterocycles. The quantitative estimate of drug-likeness (QED) is 0.782. The second kappa shape index (κ2) is 4.83. The van der Waals surface area contributed by atoms with Crippen LogP contribution >= 0.6 is 0 Å². The minimum absolute atomic E-state index is 0.292. The summed E-state index contributed by atoms with van der Waals surface area (Å²) in [6.45, 7) is 4.59. The molecule has 3 nitrogen and oxygen atoms in total. The molecule has 2 bridgehead atoms. The minimum atomic E-state index is -0.292. The molecule has 0 spiro atoms. The van der Waals surface area contributed by atoms with E-state index in [1.165, 1.54) is 45.2 Å². The first-order valence-corrected chi connectivity index (χ1v) is 7.61. The van der Waals surface area contributed by atoms with E-state index >= 15 is 0 Å². The van der Waals surface area contributed by atoms with Gasteiger partial charge in [0.2, 0.25) is 0 Å². The van der Waals surface area contributed by atoms with Gasteiger partial charge in [-0.1, -0.05) is 0 Å². The number of fused-ring (bicyclic) bond motifs is 2. The summed E-state index contributed by atoms with van der Waals surface area (Å²) in [6, 6.07) is 3.98. The Labute approximate surface area is 111 Å². The molecule has 3 heteroatoms. The number of nitriles is 1. The van der Waals surface area contributed by atoms with Gasteiger partial charge in [-0.15, -0.1) is 0 Å². The average Bonchev–Trinajstić information content (AvgIpc) is 2.91. The first kappa shape index (κ1) is 12.4. The summed E-state index contributed by atoms with van der Waals surface area (Å²) in [5, 5.41) is 12.8. The normalized spacial score (nSPS) is 34.4. The van der Waals surface area contributed by atoms with E-state index in [0.717, 1.165) is 24.8 Å². The summed E-state index contributed by atoms with van der Waals surface area (Å²) in [5.41, 5.74) is -0.292. The molecule has 0 radical (unpaired) electrons. The van der Waals surface area contributed by atoms with Gasteiger partial charge in [0.15, 0.2) is 0 Å². The van der Waals surface area contributed by atoms with Crippen LogP contribution in [0.15, 0.2) is 0 Å². The summed E-state index contributed by atoms with van der Waals surface area (Å²) >= 11 is 0. The number of likely N-dealkylation sites (tertiary alicyclic amines) is 1. The fourth-order valence-electron chi connectivity index (χ4n) is 3.77. The van der Waals surface area contributed by atoms with E-state index in [9.17, 15) is 5.26 Å². The second-order valence-electron chi connectivity index (χ2n) is 6.79. The molecule has 0 aromatic carbocycles. The standard InChI is InChI=1S/C15H25N3/c1-15(11-16,17-13-4-5-13)7-2-8-18-10-12-3-6-14(18)9-12/h12-14,17H,2-10H2,1H3. The summed E-state index contributed by atoms with van der Waals surface area (Å²) in [4.78, 5) is 2.67. The maximum Gasteiger partial charge on any atom is 0.104 e. The number of hydrogen-bond donors (Lipinski definition) is 1. The molecule has 3 rings (SSSR count). The zero-order chi connectivity index (χ0) is 12.6. The Bertz CT molecular complexity index is 344. The van der Waals surface area contributed by atoms with Crippen molar-refractivity contribution in [2.45, 2.75) is 69.5 Å². The zero-order valence-electron chi connectivity index (χ0n) is 11.5. The molecule has 1 N–H and O–H groups in total. The van der Waals surface area contributed by atoms with E-state index in [2.05, 4.69) is 23.2 Å². The molecule has 18 heavy (non-hydrogen) atoms. The first-order chi connectivity index (χ1) is 8.68. The van der Waals surface area contributed by atoms with Crippen LogP contribution in [-0.4, -0.2) is 35.6 Å². The molecule has 2 aliphatic carbocycles. The van der Waals surface area contributed by atoms with Gasteiger partial charge in [-0.05, 0) is 64.3 Å². The van der Waals surface area contributed by atoms with E-state index in [1.807, 2.05) is 0 Å². The molecule has 0 aromatic heterocycles. The van der Waals surface area contributed by atoms with Crippen LogP contribution in [0.25, 0.3) is 0 Å². The van der Waals surface area contributed by atoms with Crippen LogP contribution in [0.5, 0.6) is 0 Å². The van der Waals surface area contributed by atoms with Crippen LogP contribution in [0.3, 0.4) is 0 Å². The van der Waals surface area contributed by atoms with Crippen molar-refractivity contribution < 1.29 is 0 Å². The van der Waals surface area contributed by atoms with Gasteiger partial charge in [-0.2, -0.15) is 5.26 Å². The van der Waals surface area contributed by atoms with Crippen LogP contribution in [0.4, 0.5) is 0 Å². The number of nitrogens with zero attached hydrogens (tertiary/aromatic N) is 2. The largest absolute Gasteiger partial charge is 0.300 e. The molecule has 3 unspecified atom stereocenters. The maximum atomic E-state index is 9.33. The molecular formula is C15H25N3. The SMILES string of the molecule is CC(C#N)(CCCN1CC2CCC1C2)NC1CC1. The number of rotatable bonds is 6. The predicted octanol–water partition coefficient (Wildman–Crippen LogP) is 2.29. The van der Waals surface area contributed by atoms with Crippen molar-refractivity contribution in [3.8, 4) is 6.07 Å². The molecule has 0 amide bonds. The van der Waals surface area contributed by atoms with Gasteiger partial charge < -0.3 is 4.90 Å². The van der Waals surface area contributed by atoms with Crippen molar-refractivity contribution in [2.75, 3.05) is 13.1 Å². The van der Waals surface area contributed by atoms with Crippen molar-refractivity contribution in [2.24, 2.45) is 5.92 Å². The third-order valence-electron chi connectivity index (χ3n) is 4.99. The fourth-order valence-corrected chi connectivity index (χ4v) is 3.77. The third kappa shape index (κ3) is 2.70. The van der Waals surface area contributed by atoms with Gasteiger partial charge in [-0.25, -0.2) is 0 Å². The van der Waals surface area contributed by atoms with E-state index in [4.69, 9.17) is 0 Å². The molecule has 3 fully saturated rings. The zero-order valence-corrected chi connectivity index (χ0v) is 11.5. The highest BCUT2D eigenvalue weighted by molar-refractivity contribution is 5.07. The van der Waals surface area contributed by atoms with Crippen LogP contribution in [0, 0.1) is 17.2 Å². The Balaban J connectivity index is 1.41. The van der Waals surface area contributed by atoms with Crippen LogP contribution in [-0.2, 0) is 0 Å². The van der Waals surface area contributed by atoms with Crippen molar-refractivity contribution in [1.29, 1.82) is 5.26 Å². The van der Waals surface area contributed by atoms with E-state index < -0.39 is 0 Å². The second-order valence-corrected chi connectivity index (χ2v) is 6.79. The maximum absolute atomic E-state index is 9.33. The van der Waals surface area contributed by atoms with Crippen molar-refractivity contribution in [3.05, 3.63) is 0 Å². The summed E-state index contributed by atoms with van der Waals surface area (Å²) in [5.74, 6) is 0.988. The lowest BCUT2D eigenvalue weighted by atomic mass is 9.97. The Morgan fingerprint density at radius 3 is 2.72 bits per heavy atom. The van der Waals surface area contributed by atoms with Gasteiger partial charge >= 0.3 is 0 Å². The highest BCUT2D eigenvalue weighted by atomic mass is 15.2. The van der Waals surface area contributed by atoms with Crippen LogP contribution in [0.1, 0.15) is 51.9 Å². The Kier molecular flexibility index (Phi) is 3.34. The Hall–Kier alpha value is -0.590. The van der Waals surface area contributed by atoms with E-state index in [-0.39, 0.29) is 5.54 Å². The highest BCUT2D eigenvalue weighted by Crippen LogP contribution is 2.37. The van der Waals surface area contributed by atoms with Gasteiger partial charge in [-0.3, -0.25) is 5.32 Å². The lowest BCUT2D eigenvalue weighted by Gasteiger charge is -2.29. The molecular weight excluding hydrogens is 222 g/mol. The van der Waals surface area contributed by atoms with Crippen LogP contribution < -0.4 is 5.32 Å². The predicted molar refractivity (Wildman–Crippen MR) is 72.1 cm³/mol. The average molecular weight is 247 g/mol. The monoisotopic (exact) mass is 247 g/mol. The molecule has 0 aromatic rings. The Morgan fingerprint density at radius 2 is 2.17 bits per heavy atom. The minimum Gasteiger partial charge on any atom is -0.300 e. The summed E-state index contributed by atoms with van der Waals surface area (Å²) < 4.78 is 0. The molecule has 2 saturated carbocycles. The smallest absolute Gasteiger partial charge is 0.104 e. The Morgan fingerprint density at radius 1 is 1.33 bits per heavy atom. The van der Waals surface area contributed by atoms with E-state index in [0.29, 0.717) is 6.04 Å². The van der Waals surface area contributed by atoms with Crippen molar-refractivity contribution in [1.82, 2.24) is 10.2 Å². The van der Waals surface area contributed by atoms with Crippen LogP contribution in [0.2, 0.25) is 0 Å². The molecule has 3 atom stereocenters. The van der Waals surface area contributed by atoms with Gasteiger partial charge in [0.05, 0.1) is 6.07 Å². The highest BCUT2D eigenvalue weighted by Gasteiger charge is 2.38. The third-order valence-corrected chi connectivity index (χ3v) is 4.99.